The van der Waals surface area contributed by atoms with Crippen LogP contribution in [-0.4, -0.2) is 75.4 Å². The van der Waals surface area contributed by atoms with Gasteiger partial charge in [0.1, 0.15) is 47.6 Å². The number of anilines is 2. The van der Waals surface area contributed by atoms with Gasteiger partial charge in [-0.2, -0.15) is 5.26 Å². The molecule has 17 heteroatoms. The van der Waals surface area contributed by atoms with E-state index >= 15 is 4.79 Å². The molecule has 3 aromatic rings. The zero-order valence-corrected chi connectivity index (χ0v) is 29.0. The van der Waals surface area contributed by atoms with Crippen molar-refractivity contribution in [2.24, 2.45) is 0 Å². The molecular weight excluding hydrogens is 777 g/mol. The fraction of sp³-hybridized carbons (Fsp3) is 0.364. The molecule has 2 heterocycles. The summed E-state index contributed by atoms with van der Waals surface area (Å²) in [5.41, 5.74) is -1.46. The van der Waals surface area contributed by atoms with Crippen LogP contribution >= 0.6 is 22.6 Å². The lowest BCUT2D eigenvalue weighted by atomic mass is 9.87. The predicted molar refractivity (Wildman–Crippen MR) is 178 cm³/mol. The molecule has 0 unspecified atom stereocenters. The number of hydrogen-bond acceptors (Lipinski definition) is 8. The molecule has 0 spiro atoms. The molecule has 2 atom stereocenters. The number of carbonyl (C=O) groups is 4. The first-order valence-electron chi connectivity index (χ1n) is 15.2. The Morgan fingerprint density at radius 1 is 1.12 bits per heavy atom. The van der Waals surface area contributed by atoms with Gasteiger partial charge in [0, 0.05) is 34.7 Å². The van der Waals surface area contributed by atoms with Gasteiger partial charge in [0.25, 0.3) is 11.8 Å². The Morgan fingerprint density at radius 3 is 2.38 bits per heavy atom. The van der Waals surface area contributed by atoms with Crippen LogP contribution in [0, 0.1) is 26.5 Å². The molecule has 12 nitrogen and oxygen atoms in total. The molecule has 2 aliphatic rings. The number of carbonyl (C=O) groups excluding carboxylic acids is 4. The standard InChI is InChI=1S/C33H30F4IN7O5/c1-32(2,3)50-31(49)43-16-25(45(26(46)17-43)30-40-9-8-20(15-39)42-30)29(48)44(22-11-18(34)10-19(35)12-22)27(23-6-4-5-7-24(23)38)28(47)41-21-13-33(36,37)14-21/h4-12,21,25,27H,13-14,16-17H2,1-3H3,(H,41,47)/t25-,27-/m0/s1. The molecular formula is C33H30F4IN7O5. The van der Waals surface area contributed by atoms with Gasteiger partial charge in [-0.05, 0) is 73.2 Å². The summed E-state index contributed by atoms with van der Waals surface area (Å²) in [6, 6.07) is 7.02. The predicted octanol–water partition coefficient (Wildman–Crippen LogP) is 4.87. The van der Waals surface area contributed by atoms with Crippen LogP contribution in [0.5, 0.6) is 0 Å². The normalized spacial score (nSPS) is 18.1. The molecule has 1 saturated carbocycles. The zero-order valence-electron chi connectivity index (χ0n) is 26.9. The molecule has 0 bridgehead atoms. The number of alkyl halides is 2. The molecule has 2 aromatic carbocycles. The van der Waals surface area contributed by atoms with E-state index < -0.39 is 103 Å². The number of ether oxygens (including phenoxy) is 1. The van der Waals surface area contributed by atoms with E-state index in [4.69, 9.17) is 4.74 Å². The number of amides is 4. The average molecular weight is 808 g/mol. The highest BCUT2D eigenvalue weighted by Gasteiger charge is 2.49. The average Bonchev–Trinajstić information content (AvgIpc) is 3.01. The summed E-state index contributed by atoms with van der Waals surface area (Å²) in [6.45, 7) is 3.61. The lowest BCUT2D eigenvalue weighted by Gasteiger charge is -2.43. The fourth-order valence-electron chi connectivity index (χ4n) is 5.58. The van der Waals surface area contributed by atoms with Gasteiger partial charge in [-0.25, -0.2) is 32.3 Å². The minimum absolute atomic E-state index is 0.162. The Hall–Kier alpha value is -4.86. The zero-order chi connectivity index (χ0) is 36.5. The van der Waals surface area contributed by atoms with E-state index in [1.54, 1.807) is 39.0 Å². The van der Waals surface area contributed by atoms with Crippen molar-refractivity contribution in [1.29, 1.82) is 5.26 Å². The van der Waals surface area contributed by atoms with Crippen LogP contribution in [0.15, 0.2) is 54.7 Å². The van der Waals surface area contributed by atoms with Crippen LogP contribution < -0.4 is 15.1 Å². The van der Waals surface area contributed by atoms with E-state index in [1.807, 2.05) is 28.7 Å². The summed E-state index contributed by atoms with van der Waals surface area (Å²) < 4.78 is 63.2. The quantitative estimate of drug-likeness (QED) is 0.263. The number of rotatable bonds is 7. The van der Waals surface area contributed by atoms with Gasteiger partial charge in [-0.3, -0.25) is 29.1 Å². The first-order chi connectivity index (χ1) is 23.5. The summed E-state index contributed by atoms with van der Waals surface area (Å²) in [5.74, 6) is -8.59. The summed E-state index contributed by atoms with van der Waals surface area (Å²) in [5, 5.41) is 12.0. The second-order valence-corrected chi connectivity index (χ2v) is 13.9. The monoisotopic (exact) mass is 807 g/mol. The third kappa shape index (κ3) is 8.12. The maximum Gasteiger partial charge on any atom is 0.410 e. The van der Waals surface area contributed by atoms with Gasteiger partial charge < -0.3 is 10.1 Å². The first kappa shape index (κ1) is 36.4. The number of nitrogens with one attached hydrogen (secondary N) is 1. The van der Waals surface area contributed by atoms with Gasteiger partial charge >= 0.3 is 6.09 Å². The highest BCUT2D eigenvalue weighted by Crippen LogP contribution is 2.39. The van der Waals surface area contributed by atoms with Crippen molar-refractivity contribution in [3.63, 3.8) is 0 Å². The van der Waals surface area contributed by atoms with Crippen molar-refractivity contribution in [3.8, 4) is 6.07 Å². The minimum atomic E-state index is -3.01. The van der Waals surface area contributed by atoms with Crippen molar-refractivity contribution >= 4 is 58.0 Å². The van der Waals surface area contributed by atoms with E-state index in [-0.39, 0.29) is 11.3 Å². The van der Waals surface area contributed by atoms with Crippen LogP contribution in [0.2, 0.25) is 0 Å². The van der Waals surface area contributed by atoms with Gasteiger partial charge in [0.15, 0.2) is 0 Å². The Bertz CT molecular complexity index is 1860. The van der Waals surface area contributed by atoms with Crippen molar-refractivity contribution in [2.75, 3.05) is 22.9 Å². The van der Waals surface area contributed by atoms with E-state index in [0.29, 0.717) is 9.64 Å². The second-order valence-electron chi connectivity index (χ2n) is 12.7. The molecule has 50 heavy (non-hydrogen) atoms. The van der Waals surface area contributed by atoms with Crippen LogP contribution in [0.3, 0.4) is 0 Å². The molecule has 4 amide bonds. The number of nitrogens with zero attached hydrogens (tertiary/aromatic N) is 6. The van der Waals surface area contributed by atoms with Crippen molar-refractivity contribution in [1.82, 2.24) is 20.2 Å². The SMILES string of the molecule is CC(C)(C)OC(=O)N1CC(=O)N(c2nccc(C#N)n2)[C@H](C(=O)N(c2cc(F)cc(F)c2)[C@H](C(=O)NC2CC(F)(F)C2)c2ccccc2I)C1. The molecule has 0 radical (unpaired) electrons. The summed E-state index contributed by atoms with van der Waals surface area (Å²) >= 11 is 1.89. The molecule has 1 saturated heterocycles. The smallest absolute Gasteiger partial charge is 0.410 e. The highest BCUT2D eigenvalue weighted by atomic mass is 127. The van der Waals surface area contributed by atoms with Crippen LogP contribution in [0.1, 0.15) is 50.9 Å². The first-order valence-corrected chi connectivity index (χ1v) is 16.3. The second kappa shape index (κ2) is 14.2. The largest absolute Gasteiger partial charge is 0.444 e. The van der Waals surface area contributed by atoms with Crippen LogP contribution in [0.4, 0.5) is 34.0 Å². The molecule has 1 N–H and O–H groups in total. The Labute approximate surface area is 297 Å². The number of benzene rings is 2. The van der Waals surface area contributed by atoms with E-state index in [2.05, 4.69) is 15.3 Å². The molecule has 1 aromatic heterocycles. The fourth-order valence-corrected chi connectivity index (χ4v) is 6.26. The van der Waals surface area contributed by atoms with E-state index in [1.165, 1.54) is 18.3 Å². The Morgan fingerprint density at radius 2 is 1.78 bits per heavy atom. The van der Waals surface area contributed by atoms with Gasteiger partial charge in [0.2, 0.25) is 17.8 Å². The number of aromatic nitrogens is 2. The highest BCUT2D eigenvalue weighted by molar-refractivity contribution is 14.1. The topological polar surface area (TPSA) is 149 Å². The van der Waals surface area contributed by atoms with E-state index in [0.717, 1.165) is 26.8 Å². The van der Waals surface area contributed by atoms with Gasteiger partial charge in [0.05, 0.1) is 12.2 Å². The lowest BCUT2D eigenvalue weighted by Crippen LogP contribution is -2.65. The van der Waals surface area contributed by atoms with Crippen molar-refractivity contribution < 1.29 is 41.5 Å². The molecule has 2 fully saturated rings. The third-order valence-electron chi connectivity index (χ3n) is 7.72. The number of nitriles is 1. The molecule has 1 aliphatic carbocycles. The van der Waals surface area contributed by atoms with E-state index in [9.17, 15) is 37.2 Å². The summed E-state index contributed by atoms with van der Waals surface area (Å²) in [7, 11) is 0. The molecule has 262 valence electrons. The molecule has 5 rings (SSSR count). The Balaban J connectivity index is 1.69. The lowest BCUT2D eigenvalue weighted by molar-refractivity contribution is -0.133. The number of piperazine rings is 1. The molecule has 1 aliphatic heterocycles. The van der Waals surface area contributed by atoms with Crippen molar-refractivity contribution in [2.45, 2.75) is 63.3 Å². The number of halogens is 5. The maximum atomic E-state index is 15.0. The maximum absolute atomic E-state index is 15.0. The van der Waals surface area contributed by atoms with Crippen LogP contribution in [0.25, 0.3) is 0 Å². The van der Waals surface area contributed by atoms with Crippen LogP contribution in [-0.2, 0) is 19.1 Å². The van der Waals surface area contributed by atoms with Gasteiger partial charge in [-0.15, -0.1) is 0 Å². The summed E-state index contributed by atoms with van der Waals surface area (Å²) in [4.78, 5) is 66.9. The van der Waals surface area contributed by atoms with Crippen molar-refractivity contribution in [3.05, 3.63) is 81.2 Å². The van der Waals surface area contributed by atoms with Gasteiger partial charge in [-0.1, -0.05) is 18.2 Å². The summed E-state index contributed by atoms with van der Waals surface area (Å²) in [6.07, 6.45) is -1.12. The minimum Gasteiger partial charge on any atom is -0.444 e. The number of hydrogen-bond donors (Lipinski definition) is 1. The third-order valence-corrected chi connectivity index (χ3v) is 8.70. The Kier molecular flexibility index (Phi) is 10.3.